The highest BCUT2D eigenvalue weighted by atomic mass is 35.5. The van der Waals surface area contributed by atoms with E-state index in [1.807, 2.05) is 54.6 Å². The van der Waals surface area contributed by atoms with Gasteiger partial charge in [-0.25, -0.2) is 8.42 Å². The van der Waals surface area contributed by atoms with Gasteiger partial charge in [0.2, 0.25) is 10.0 Å². The van der Waals surface area contributed by atoms with Crippen molar-refractivity contribution >= 4 is 21.6 Å². The fourth-order valence-corrected chi connectivity index (χ4v) is 6.21. The van der Waals surface area contributed by atoms with Crippen LogP contribution in [0.5, 0.6) is 5.75 Å². The highest BCUT2D eigenvalue weighted by molar-refractivity contribution is 7.89. The van der Waals surface area contributed by atoms with Crippen LogP contribution in [0.2, 0.25) is 5.02 Å². The molecule has 1 aliphatic heterocycles. The van der Waals surface area contributed by atoms with Crippen LogP contribution in [-0.2, 0) is 23.2 Å². The number of likely N-dealkylation sites (tertiary alicyclic amines) is 1. The van der Waals surface area contributed by atoms with Crippen LogP contribution in [0.25, 0.3) is 0 Å². The van der Waals surface area contributed by atoms with Gasteiger partial charge in [0, 0.05) is 24.2 Å². The zero-order valence-electron chi connectivity index (χ0n) is 20.9. The second-order valence-electron chi connectivity index (χ2n) is 9.45. The molecule has 0 saturated carbocycles. The highest BCUT2D eigenvalue weighted by Crippen LogP contribution is 2.23. The van der Waals surface area contributed by atoms with E-state index in [0.717, 1.165) is 36.4 Å². The third-order valence-electron chi connectivity index (χ3n) is 6.78. The van der Waals surface area contributed by atoms with Crippen LogP contribution in [0.15, 0.2) is 83.8 Å². The number of benzene rings is 3. The standard InChI is InChI=1S/C29H35ClN2O3S/c1-24-8-5-6-19-31(24)20-7-21-32(36(33,34)29-17-13-27(30)14-18-29)22-25-11-15-28(16-12-25)35-23-26-9-3-2-4-10-26/h2-4,9-18,24H,5-8,19-23H2,1H3. The minimum atomic E-state index is -3.66. The molecule has 0 radical (unpaired) electrons. The van der Waals surface area contributed by atoms with Crippen molar-refractivity contribution in [3.05, 3.63) is 95.0 Å². The largest absolute Gasteiger partial charge is 0.489 e. The number of sulfonamides is 1. The normalized spacial score (nSPS) is 16.8. The third-order valence-corrected chi connectivity index (χ3v) is 8.89. The molecule has 0 aliphatic carbocycles. The molecule has 1 fully saturated rings. The molecular weight excluding hydrogens is 492 g/mol. The monoisotopic (exact) mass is 526 g/mol. The average molecular weight is 527 g/mol. The molecule has 1 saturated heterocycles. The summed E-state index contributed by atoms with van der Waals surface area (Å²) in [6.07, 6.45) is 4.50. The molecule has 4 rings (SSSR count). The first kappa shape index (κ1) is 26.7. The van der Waals surface area contributed by atoms with Gasteiger partial charge in [-0.3, -0.25) is 0 Å². The zero-order valence-corrected chi connectivity index (χ0v) is 22.4. The Morgan fingerprint density at radius 1 is 0.944 bits per heavy atom. The van der Waals surface area contributed by atoms with Gasteiger partial charge in [0.25, 0.3) is 0 Å². The van der Waals surface area contributed by atoms with Crippen LogP contribution < -0.4 is 4.74 Å². The molecule has 3 aromatic rings. The van der Waals surface area contributed by atoms with E-state index in [0.29, 0.717) is 30.8 Å². The molecule has 7 heteroatoms. The first-order valence-electron chi connectivity index (χ1n) is 12.7. The summed E-state index contributed by atoms with van der Waals surface area (Å²) in [5, 5.41) is 0.519. The maximum Gasteiger partial charge on any atom is 0.243 e. The molecule has 3 aromatic carbocycles. The van der Waals surface area contributed by atoms with Crippen molar-refractivity contribution in [3.8, 4) is 5.75 Å². The van der Waals surface area contributed by atoms with Crippen LogP contribution in [-0.4, -0.2) is 43.3 Å². The summed E-state index contributed by atoms with van der Waals surface area (Å²) in [6, 6.07) is 24.7. The zero-order chi connectivity index (χ0) is 25.4. The van der Waals surface area contributed by atoms with Crippen molar-refractivity contribution in [1.29, 1.82) is 0 Å². The molecule has 192 valence electrons. The second-order valence-corrected chi connectivity index (χ2v) is 11.8. The van der Waals surface area contributed by atoms with E-state index in [1.165, 1.54) is 19.3 Å². The van der Waals surface area contributed by atoms with Crippen LogP contribution in [0.1, 0.15) is 43.7 Å². The molecule has 1 heterocycles. The van der Waals surface area contributed by atoms with Gasteiger partial charge < -0.3 is 9.64 Å². The molecule has 1 aliphatic rings. The van der Waals surface area contributed by atoms with Gasteiger partial charge in [-0.05, 0) is 86.8 Å². The van der Waals surface area contributed by atoms with E-state index >= 15 is 0 Å². The SMILES string of the molecule is CC1CCCCN1CCCN(Cc1ccc(OCc2ccccc2)cc1)S(=O)(=O)c1ccc(Cl)cc1. The number of rotatable bonds is 11. The summed E-state index contributed by atoms with van der Waals surface area (Å²) in [6.45, 7) is 5.52. The van der Waals surface area contributed by atoms with Crippen LogP contribution >= 0.6 is 11.6 Å². The fraction of sp³-hybridized carbons (Fsp3) is 0.379. The molecule has 1 unspecified atom stereocenters. The predicted molar refractivity (Wildman–Crippen MR) is 146 cm³/mol. The van der Waals surface area contributed by atoms with E-state index in [-0.39, 0.29) is 4.90 Å². The number of piperidine rings is 1. The molecule has 5 nitrogen and oxygen atoms in total. The molecule has 1 atom stereocenters. The lowest BCUT2D eigenvalue weighted by molar-refractivity contribution is 0.155. The smallest absolute Gasteiger partial charge is 0.243 e. The second kappa shape index (κ2) is 12.7. The minimum absolute atomic E-state index is 0.265. The summed E-state index contributed by atoms with van der Waals surface area (Å²) < 4.78 is 34.6. The summed E-state index contributed by atoms with van der Waals surface area (Å²) in [5.41, 5.74) is 2.02. The Morgan fingerprint density at radius 2 is 1.67 bits per heavy atom. The van der Waals surface area contributed by atoms with Gasteiger partial charge in [-0.2, -0.15) is 4.31 Å². The number of nitrogens with zero attached hydrogens (tertiary/aromatic N) is 2. The topological polar surface area (TPSA) is 49.9 Å². The number of hydrogen-bond acceptors (Lipinski definition) is 4. The Labute approximate surface area is 220 Å². The first-order valence-corrected chi connectivity index (χ1v) is 14.5. The first-order chi connectivity index (χ1) is 17.4. The van der Waals surface area contributed by atoms with Crippen molar-refractivity contribution in [2.45, 2.75) is 56.7 Å². The molecule has 0 amide bonds. The Bertz CT molecular complexity index is 1190. The van der Waals surface area contributed by atoms with E-state index < -0.39 is 10.0 Å². The third kappa shape index (κ3) is 7.32. The maximum absolute atomic E-state index is 13.6. The van der Waals surface area contributed by atoms with Gasteiger partial charge in [0.15, 0.2) is 0 Å². The van der Waals surface area contributed by atoms with E-state index in [1.54, 1.807) is 28.6 Å². The maximum atomic E-state index is 13.6. The lowest BCUT2D eigenvalue weighted by atomic mass is 10.0. The lowest BCUT2D eigenvalue weighted by Gasteiger charge is -2.34. The van der Waals surface area contributed by atoms with Crippen molar-refractivity contribution in [2.24, 2.45) is 0 Å². The Morgan fingerprint density at radius 3 is 2.36 bits per heavy atom. The lowest BCUT2D eigenvalue weighted by Crippen LogP contribution is -2.40. The van der Waals surface area contributed by atoms with E-state index in [9.17, 15) is 8.42 Å². The van der Waals surface area contributed by atoms with E-state index in [4.69, 9.17) is 16.3 Å². The van der Waals surface area contributed by atoms with Gasteiger partial charge in [0.1, 0.15) is 12.4 Å². The quantitative estimate of drug-likeness (QED) is 0.291. The Kier molecular flexibility index (Phi) is 9.43. The van der Waals surface area contributed by atoms with Crippen molar-refractivity contribution in [2.75, 3.05) is 19.6 Å². The minimum Gasteiger partial charge on any atom is -0.489 e. The van der Waals surface area contributed by atoms with Crippen LogP contribution in [0, 0.1) is 0 Å². The molecule has 0 N–H and O–H groups in total. The molecular formula is C29H35ClN2O3S. The van der Waals surface area contributed by atoms with E-state index in [2.05, 4.69) is 11.8 Å². The Hall–Kier alpha value is -2.38. The van der Waals surface area contributed by atoms with Crippen molar-refractivity contribution in [1.82, 2.24) is 9.21 Å². The van der Waals surface area contributed by atoms with Crippen LogP contribution in [0.3, 0.4) is 0 Å². The number of halogens is 1. The summed E-state index contributed by atoms with van der Waals surface area (Å²) in [4.78, 5) is 2.75. The fourth-order valence-electron chi connectivity index (χ4n) is 4.62. The molecule has 0 bridgehead atoms. The highest BCUT2D eigenvalue weighted by Gasteiger charge is 2.25. The molecule has 0 spiro atoms. The van der Waals surface area contributed by atoms with Gasteiger partial charge in [-0.15, -0.1) is 0 Å². The summed E-state index contributed by atoms with van der Waals surface area (Å²) in [5.74, 6) is 0.758. The van der Waals surface area contributed by atoms with Gasteiger partial charge in [-0.1, -0.05) is 60.5 Å². The van der Waals surface area contributed by atoms with Gasteiger partial charge in [0.05, 0.1) is 4.90 Å². The van der Waals surface area contributed by atoms with Crippen LogP contribution in [0.4, 0.5) is 0 Å². The number of hydrogen-bond donors (Lipinski definition) is 0. The molecule has 0 aromatic heterocycles. The van der Waals surface area contributed by atoms with Crippen molar-refractivity contribution in [3.63, 3.8) is 0 Å². The predicted octanol–water partition coefficient (Wildman–Crippen LogP) is 6.37. The average Bonchev–Trinajstić information content (AvgIpc) is 2.89. The Balaban J connectivity index is 1.44. The molecule has 36 heavy (non-hydrogen) atoms. The summed E-state index contributed by atoms with van der Waals surface area (Å²) >= 11 is 6.01. The summed E-state index contributed by atoms with van der Waals surface area (Å²) in [7, 11) is -3.66. The van der Waals surface area contributed by atoms with Gasteiger partial charge >= 0.3 is 0 Å². The van der Waals surface area contributed by atoms with Crippen molar-refractivity contribution < 1.29 is 13.2 Å². The number of ether oxygens (including phenoxy) is 1.